The predicted octanol–water partition coefficient (Wildman–Crippen LogP) is 1.29. The van der Waals surface area contributed by atoms with Crippen LogP contribution in [0.3, 0.4) is 0 Å². The number of amides is 1. The van der Waals surface area contributed by atoms with Gasteiger partial charge < -0.3 is 5.73 Å². The van der Waals surface area contributed by atoms with Crippen molar-refractivity contribution in [3.05, 3.63) is 28.8 Å². The van der Waals surface area contributed by atoms with Crippen molar-refractivity contribution in [3.63, 3.8) is 0 Å². The Morgan fingerprint density at radius 1 is 1.47 bits per heavy atom. The van der Waals surface area contributed by atoms with Gasteiger partial charge in [0.15, 0.2) is 0 Å². The molecule has 1 heterocycles. The van der Waals surface area contributed by atoms with E-state index in [1.807, 2.05) is 0 Å². The van der Waals surface area contributed by atoms with E-state index in [0.29, 0.717) is 24.4 Å². The highest BCUT2D eigenvalue weighted by Crippen LogP contribution is 2.28. The summed E-state index contributed by atoms with van der Waals surface area (Å²) in [7, 11) is -3.72. The Kier molecular flexibility index (Phi) is 3.85. The number of nitrogens with two attached hydrogens (primary N) is 1. The number of hydrogen-bond donors (Lipinski definition) is 1. The molecule has 1 aliphatic heterocycles. The summed E-state index contributed by atoms with van der Waals surface area (Å²) in [5.74, 6) is -0.612. The lowest BCUT2D eigenvalue weighted by atomic mass is 10.2. The van der Waals surface area contributed by atoms with Crippen LogP contribution < -0.4 is 5.73 Å². The van der Waals surface area contributed by atoms with E-state index in [1.165, 1.54) is 12.1 Å². The van der Waals surface area contributed by atoms with Gasteiger partial charge in [0.1, 0.15) is 6.04 Å². The van der Waals surface area contributed by atoms with Gasteiger partial charge in [-0.1, -0.05) is 17.7 Å². The topological polar surface area (TPSA) is 80.5 Å². The van der Waals surface area contributed by atoms with Crippen LogP contribution in [0.4, 0.5) is 0 Å². The lowest BCUT2D eigenvalue weighted by Crippen LogP contribution is -2.43. The minimum absolute atomic E-state index is 0.0938. The van der Waals surface area contributed by atoms with Crippen molar-refractivity contribution in [1.29, 1.82) is 0 Å². The first-order valence-electron chi connectivity index (χ1n) is 5.91. The van der Waals surface area contributed by atoms with Gasteiger partial charge in [0.05, 0.1) is 4.90 Å². The number of carbonyl (C=O) groups excluding carboxylic acids is 1. The van der Waals surface area contributed by atoms with Crippen LogP contribution >= 0.6 is 11.6 Å². The minimum atomic E-state index is -3.72. The first kappa shape index (κ1) is 14.3. The zero-order valence-corrected chi connectivity index (χ0v) is 12.0. The van der Waals surface area contributed by atoms with Crippen LogP contribution in [-0.2, 0) is 14.8 Å². The summed E-state index contributed by atoms with van der Waals surface area (Å²) < 4.78 is 26.1. The Bertz CT molecular complexity index is 615. The number of halogens is 1. The average Bonchev–Trinajstić information content (AvgIpc) is 2.82. The molecule has 0 aromatic heterocycles. The standard InChI is InChI=1S/C12H15ClN2O3S/c1-8-4-5-9(7-10(8)13)19(17,18)15-6-2-3-11(15)12(14)16/h4-5,7,11H,2-3,6H2,1H3,(H2,14,16)/t11-/m0/s1. The zero-order valence-electron chi connectivity index (χ0n) is 10.5. The smallest absolute Gasteiger partial charge is 0.243 e. The summed E-state index contributed by atoms with van der Waals surface area (Å²) in [5.41, 5.74) is 6.05. The summed E-state index contributed by atoms with van der Waals surface area (Å²) in [6.07, 6.45) is 1.10. The molecule has 1 amide bonds. The molecule has 104 valence electrons. The van der Waals surface area contributed by atoms with E-state index in [4.69, 9.17) is 17.3 Å². The van der Waals surface area contributed by atoms with Crippen LogP contribution in [0.25, 0.3) is 0 Å². The van der Waals surface area contributed by atoms with Crippen LogP contribution in [-0.4, -0.2) is 31.2 Å². The van der Waals surface area contributed by atoms with Crippen molar-refractivity contribution >= 4 is 27.5 Å². The SMILES string of the molecule is Cc1ccc(S(=O)(=O)N2CCC[C@H]2C(N)=O)cc1Cl. The van der Waals surface area contributed by atoms with E-state index < -0.39 is 22.0 Å². The number of primary amides is 1. The van der Waals surface area contributed by atoms with E-state index in [1.54, 1.807) is 13.0 Å². The van der Waals surface area contributed by atoms with Crippen molar-refractivity contribution in [2.24, 2.45) is 5.73 Å². The van der Waals surface area contributed by atoms with Crippen molar-refractivity contribution in [2.75, 3.05) is 6.54 Å². The first-order chi connectivity index (χ1) is 8.84. The maximum Gasteiger partial charge on any atom is 0.243 e. The average molecular weight is 303 g/mol. The van der Waals surface area contributed by atoms with E-state index in [-0.39, 0.29) is 4.90 Å². The number of nitrogens with zero attached hydrogens (tertiary/aromatic N) is 1. The van der Waals surface area contributed by atoms with Crippen LogP contribution in [0, 0.1) is 6.92 Å². The molecule has 0 saturated carbocycles. The lowest BCUT2D eigenvalue weighted by Gasteiger charge is -2.21. The highest BCUT2D eigenvalue weighted by molar-refractivity contribution is 7.89. The van der Waals surface area contributed by atoms with E-state index >= 15 is 0 Å². The third-order valence-electron chi connectivity index (χ3n) is 3.28. The number of hydrogen-bond acceptors (Lipinski definition) is 3. The maximum absolute atomic E-state index is 12.5. The highest BCUT2D eigenvalue weighted by atomic mass is 35.5. The van der Waals surface area contributed by atoms with Gasteiger partial charge in [-0.15, -0.1) is 0 Å². The van der Waals surface area contributed by atoms with Crippen molar-refractivity contribution < 1.29 is 13.2 Å². The molecule has 1 saturated heterocycles. The quantitative estimate of drug-likeness (QED) is 0.913. The molecule has 0 unspecified atom stereocenters. The summed E-state index contributed by atoms with van der Waals surface area (Å²) >= 11 is 5.95. The van der Waals surface area contributed by atoms with Crippen LogP contribution in [0.5, 0.6) is 0 Å². The minimum Gasteiger partial charge on any atom is -0.368 e. The Hall–Kier alpha value is -1.11. The van der Waals surface area contributed by atoms with Crippen molar-refractivity contribution in [2.45, 2.75) is 30.7 Å². The number of rotatable bonds is 3. The molecule has 5 nitrogen and oxygen atoms in total. The molecule has 1 aromatic rings. The van der Waals surface area contributed by atoms with E-state index in [9.17, 15) is 13.2 Å². The molecule has 1 fully saturated rings. The number of sulfonamides is 1. The van der Waals surface area contributed by atoms with Gasteiger partial charge in [-0.2, -0.15) is 4.31 Å². The van der Waals surface area contributed by atoms with Gasteiger partial charge in [-0.05, 0) is 37.5 Å². The Balaban J connectivity index is 2.42. The fourth-order valence-corrected chi connectivity index (χ4v) is 4.12. The zero-order chi connectivity index (χ0) is 14.2. The second-order valence-corrected chi connectivity index (χ2v) is 6.88. The fourth-order valence-electron chi connectivity index (χ4n) is 2.18. The Morgan fingerprint density at radius 2 is 2.16 bits per heavy atom. The van der Waals surface area contributed by atoms with Gasteiger partial charge in [0.2, 0.25) is 15.9 Å². The number of aryl methyl sites for hydroxylation is 1. The lowest BCUT2D eigenvalue weighted by molar-refractivity contribution is -0.121. The van der Waals surface area contributed by atoms with Gasteiger partial charge in [0.25, 0.3) is 0 Å². The van der Waals surface area contributed by atoms with E-state index in [2.05, 4.69) is 0 Å². The maximum atomic E-state index is 12.5. The summed E-state index contributed by atoms with van der Waals surface area (Å²) in [6, 6.07) is 3.78. The van der Waals surface area contributed by atoms with Crippen LogP contribution in [0.1, 0.15) is 18.4 Å². The normalized spacial score (nSPS) is 20.6. The molecule has 0 aliphatic carbocycles. The molecule has 1 atom stereocenters. The largest absolute Gasteiger partial charge is 0.368 e. The number of carbonyl (C=O) groups is 1. The molecule has 2 rings (SSSR count). The molecule has 0 spiro atoms. The third kappa shape index (κ3) is 2.61. The van der Waals surface area contributed by atoms with Crippen LogP contribution in [0.2, 0.25) is 5.02 Å². The van der Waals surface area contributed by atoms with Gasteiger partial charge in [-0.25, -0.2) is 8.42 Å². The van der Waals surface area contributed by atoms with Crippen LogP contribution in [0.15, 0.2) is 23.1 Å². The molecule has 19 heavy (non-hydrogen) atoms. The van der Waals surface area contributed by atoms with Gasteiger partial charge in [-0.3, -0.25) is 4.79 Å². The molecule has 2 N–H and O–H groups in total. The molecular weight excluding hydrogens is 288 g/mol. The van der Waals surface area contributed by atoms with E-state index in [0.717, 1.165) is 9.87 Å². The first-order valence-corrected chi connectivity index (χ1v) is 7.73. The summed E-state index contributed by atoms with van der Waals surface area (Å²) in [4.78, 5) is 11.4. The summed E-state index contributed by atoms with van der Waals surface area (Å²) in [6.45, 7) is 2.10. The second kappa shape index (κ2) is 5.11. The molecule has 1 aliphatic rings. The van der Waals surface area contributed by atoms with Crippen molar-refractivity contribution in [1.82, 2.24) is 4.31 Å². The van der Waals surface area contributed by atoms with Gasteiger partial charge >= 0.3 is 0 Å². The molecule has 7 heteroatoms. The number of benzene rings is 1. The highest BCUT2D eigenvalue weighted by Gasteiger charge is 2.38. The third-order valence-corrected chi connectivity index (χ3v) is 5.59. The Labute approximate surface area is 117 Å². The van der Waals surface area contributed by atoms with Gasteiger partial charge in [0, 0.05) is 11.6 Å². The molecule has 1 aromatic carbocycles. The second-order valence-electron chi connectivity index (χ2n) is 4.59. The molecule has 0 bridgehead atoms. The molecule has 0 radical (unpaired) electrons. The summed E-state index contributed by atoms with van der Waals surface area (Å²) in [5, 5.41) is 0.385. The predicted molar refractivity (Wildman–Crippen MR) is 72.3 cm³/mol. The Morgan fingerprint density at radius 3 is 2.74 bits per heavy atom. The molecular formula is C12H15ClN2O3S. The fraction of sp³-hybridized carbons (Fsp3) is 0.417. The monoisotopic (exact) mass is 302 g/mol. The van der Waals surface area contributed by atoms with Crippen molar-refractivity contribution in [3.8, 4) is 0 Å².